The van der Waals surface area contributed by atoms with Crippen molar-refractivity contribution in [3.8, 4) is 5.75 Å². The van der Waals surface area contributed by atoms with E-state index in [1.807, 2.05) is 47.4 Å². The van der Waals surface area contributed by atoms with Gasteiger partial charge in [0.05, 0.1) is 18.8 Å². The van der Waals surface area contributed by atoms with Crippen molar-refractivity contribution >= 4 is 0 Å². The molecule has 1 aromatic carbocycles. The summed E-state index contributed by atoms with van der Waals surface area (Å²) in [6.45, 7) is 3.52. The highest BCUT2D eigenvalue weighted by molar-refractivity contribution is 5.21. The van der Waals surface area contributed by atoms with Gasteiger partial charge in [-0.05, 0) is 19.1 Å². The molecule has 0 amide bonds. The molecule has 2 aromatic rings. The second kappa shape index (κ2) is 6.92. The molecule has 0 radical (unpaired) electrons. The van der Waals surface area contributed by atoms with Crippen LogP contribution in [0, 0.1) is 0 Å². The summed E-state index contributed by atoms with van der Waals surface area (Å²) in [6, 6.07) is 9.83. The molecule has 0 bridgehead atoms. The van der Waals surface area contributed by atoms with E-state index in [1.54, 1.807) is 0 Å². The smallest absolute Gasteiger partial charge is 0.119 e. The largest absolute Gasteiger partial charge is 0.494 e. The highest BCUT2D eigenvalue weighted by Gasteiger charge is 2.11. The molecule has 0 aliphatic carbocycles. The minimum atomic E-state index is 0.0593. The van der Waals surface area contributed by atoms with Crippen molar-refractivity contribution in [2.45, 2.75) is 25.9 Å². The summed E-state index contributed by atoms with van der Waals surface area (Å²) in [6.07, 6.45) is 4.64. The molecule has 102 valence electrons. The summed E-state index contributed by atoms with van der Waals surface area (Å²) in [4.78, 5) is 0. The van der Waals surface area contributed by atoms with E-state index in [4.69, 9.17) is 10.6 Å². The third-order valence-corrected chi connectivity index (χ3v) is 3.00. The number of aryl methyl sites for hydroxylation is 1. The maximum absolute atomic E-state index is 5.67. The summed E-state index contributed by atoms with van der Waals surface area (Å²) in [7, 11) is 0. The first kappa shape index (κ1) is 13.6. The number of hydrogen-bond donors (Lipinski definition) is 2. The summed E-state index contributed by atoms with van der Waals surface area (Å²) < 4.78 is 7.56. The van der Waals surface area contributed by atoms with Gasteiger partial charge in [0.1, 0.15) is 5.75 Å². The highest BCUT2D eigenvalue weighted by Crippen LogP contribution is 2.16. The molecule has 0 saturated heterocycles. The van der Waals surface area contributed by atoms with Gasteiger partial charge in [-0.25, -0.2) is 0 Å². The van der Waals surface area contributed by atoms with Gasteiger partial charge in [0.15, 0.2) is 0 Å². The minimum Gasteiger partial charge on any atom is -0.494 e. The Balaban J connectivity index is 1.86. The van der Waals surface area contributed by atoms with Crippen molar-refractivity contribution < 1.29 is 4.74 Å². The fourth-order valence-corrected chi connectivity index (χ4v) is 1.89. The van der Waals surface area contributed by atoms with Gasteiger partial charge in [0.25, 0.3) is 0 Å². The van der Waals surface area contributed by atoms with Crippen LogP contribution in [0.4, 0.5) is 0 Å². The molecular formula is C14H20N4O. The fraction of sp³-hybridized carbons (Fsp3) is 0.357. The van der Waals surface area contributed by atoms with Crippen LogP contribution in [0.3, 0.4) is 0 Å². The Labute approximate surface area is 113 Å². The highest BCUT2D eigenvalue weighted by atomic mass is 16.5. The lowest BCUT2D eigenvalue weighted by Crippen LogP contribution is -2.29. The topological polar surface area (TPSA) is 65.1 Å². The van der Waals surface area contributed by atoms with Crippen LogP contribution < -0.4 is 16.0 Å². The predicted molar refractivity (Wildman–Crippen MR) is 74.5 cm³/mol. The second-order valence-electron chi connectivity index (χ2n) is 4.30. The Bertz CT molecular complexity index is 483. The first-order valence-corrected chi connectivity index (χ1v) is 6.49. The van der Waals surface area contributed by atoms with E-state index in [2.05, 4.69) is 17.4 Å². The first-order chi connectivity index (χ1) is 9.33. The molecule has 5 heteroatoms. The van der Waals surface area contributed by atoms with E-state index in [-0.39, 0.29) is 6.04 Å². The molecule has 0 spiro atoms. The number of nitrogens with one attached hydrogen (secondary N) is 1. The number of nitrogens with two attached hydrogens (primary N) is 1. The Morgan fingerprint density at radius 1 is 1.37 bits per heavy atom. The van der Waals surface area contributed by atoms with Crippen LogP contribution in [0.2, 0.25) is 0 Å². The number of ether oxygens (including phenoxy) is 1. The maximum Gasteiger partial charge on any atom is 0.119 e. The van der Waals surface area contributed by atoms with E-state index >= 15 is 0 Å². The van der Waals surface area contributed by atoms with Crippen LogP contribution in [0.25, 0.3) is 0 Å². The fourth-order valence-electron chi connectivity index (χ4n) is 1.89. The monoisotopic (exact) mass is 260 g/mol. The Morgan fingerprint density at radius 3 is 2.79 bits per heavy atom. The maximum atomic E-state index is 5.67. The molecule has 1 heterocycles. The predicted octanol–water partition coefficient (Wildman–Crippen LogP) is 1.88. The summed E-state index contributed by atoms with van der Waals surface area (Å²) >= 11 is 0. The Hall–Kier alpha value is -1.85. The number of rotatable bonds is 7. The zero-order valence-corrected chi connectivity index (χ0v) is 11.1. The van der Waals surface area contributed by atoms with Gasteiger partial charge >= 0.3 is 0 Å². The standard InChI is InChI=1S/C14H20N4O/c1-2-18-11-12(10-16-18)14(17-15)8-9-19-13-6-4-3-5-7-13/h3-7,10-11,14,17H,2,8-9,15H2,1H3. The molecule has 19 heavy (non-hydrogen) atoms. The molecule has 5 nitrogen and oxygen atoms in total. The molecule has 3 N–H and O–H groups in total. The minimum absolute atomic E-state index is 0.0593. The van der Waals surface area contributed by atoms with Gasteiger partial charge in [-0.15, -0.1) is 0 Å². The van der Waals surface area contributed by atoms with Crippen LogP contribution >= 0.6 is 0 Å². The summed E-state index contributed by atoms with van der Waals surface area (Å²) in [5.41, 5.74) is 3.89. The first-order valence-electron chi connectivity index (χ1n) is 6.49. The van der Waals surface area contributed by atoms with Crippen molar-refractivity contribution in [2.24, 2.45) is 5.84 Å². The van der Waals surface area contributed by atoms with Crippen molar-refractivity contribution in [1.29, 1.82) is 0 Å². The van der Waals surface area contributed by atoms with Crippen molar-refractivity contribution in [3.63, 3.8) is 0 Å². The van der Waals surface area contributed by atoms with Crippen LogP contribution in [0.1, 0.15) is 24.9 Å². The van der Waals surface area contributed by atoms with Crippen molar-refractivity contribution in [3.05, 3.63) is 48.3 Å². The number of para-hydroxylation sites is 1. The number of aromatic nitrogens is 2. The summed E-state index contributed by atoms with van der Waals surface area (Å²) in [5, 5.41) is 4.25. The lowest BCUT2D eigenvalue weighted by Gasteiger charge is -2.14. The third-order valence-electron chi connectivity index (χ3n) is 3.00. The van der Waals surface area contributed by atoms with E-state index in [1.165, 1.54) is 0 Å². The van der Waals surface area contributed by atoms with Crippen LogP contribution in [-0.2, 0) is 6.54 Å². The third kappa shape index (κ3) is 3.81. The van der Waals surface area contributed by atoms with Crippen molar-refractivity contribution in [1.82, 2.24) is 15.2 Å². The lowest BCUT2D eigenvalue weighted by molar-refractivity contribution is 0.287. The average Bonchev–Trinajstić information content (AvgIpc) is 2.93. The molecule has 2 rings (SSSR count). The van der Waals surface area contributed by atoms with E-state index in [0.717, 1.165) is 24.3 Å². The van der Waals surface area contributed by atoms with E-state index in [0.29, 0.717) is 6.61 Å². The SMILES string of the molecule is CCn1cc(C(CCOc2ccccc2)NN)cn1. The van der Waals surface area contributed by atoms with Gasteiger partial charge in [0, 0.05) is 24.7 Å². The average molecular weight is 260 g/mol. The number of nitrogens with zero attached hydrogens (tertiary/aromatic N) is 2. The molecule has 0 aliphatic rings. The van der Waals surface area contributed by atoms with Gasteiger partial charge in [-0.1, -0.05) is 18.2 Å². The van der Waals surface area contributed by atoms with Gasteiger partial charge in [0.2, 0.25) is 0 Å². The molecule has 0 fully saturated rings. The van der Waals surface area contributed by atoms with Crippen molar-refractivity contribution in [2.75, 3.05) is 6.61 Å². The number of benzene rings is 1. The quantitative estimate of drug-likeness (QED) is 0.589. The second-order valence-corrected chi connectivity index (χ2v) is 4.30. The van der Waals surface area contributed by atoms with E-state index < -0.39 is 0 Å². The molecule has 0 aliphatic heterocycles. The molecule has 1 unspecified atom stereocenters. The van der Waals surface area contributed by atoms with E-state index in [9.17, 15) is 0 Å². The van der Waals surface area contributed by atoms with Crippen LogP contribution in [-0.4, -0.2) is 16.4 Å². The zero-order valence-electron chi connectivity index (χ0n) is 11.1. The number of hydrogen-bond acceptors (Lipinski definition) is 4. The molecule has 0 saturated carbocycles. The Morgan fingerprint density at radius 2 is 2.16 bits per heavy atom. The molecule has 1 aromatic heterocycles. The number of hydrazine groups is 1. The molecule has 1 atom stereocenters. The van der Waals surface area contributed by atoms with Gasteiger partial charge < -0.3 is 4.74 Å². The Kier molecular flexibility index (Phi) is 4.94. The normalized spacial score (nSPS) is 12.3. The zero-order chi connectivity index (χ0) is 13.5. The lowest BCUT2D eigenvalue weighted by atomic mass is 10.1. The van der Waals surface area contributed by atoms with Gasteiger partial charge in [-0.3, -0.25) is 16.0 Å². The van der Waals surface area contributed by atoms with Crippen LogP contribution in [0.15, 0.2) is 42.7 Å². The summed E-state index contributed by atoms with van der Waals surface area (Å²) in [5.74, 6) is 6.47. The van der Waals surface area contributed by atoms with Gasteiger partial charge in [-0.2, -0.15) is 5.10 Å². The van der Waals surface area contributed by atoms with Crippen LogP contribution in [0.5, 0.6) is 5.75 Å². The molecular weight excluding hydrogens is 240 g/mol.